The number of benzene rings is 2. The van der Waals surface area contributed by atoms with Gasteiger partial charge in [-0.1, -0.05) is 18.2 Å². The van der Waals surface area contributed by atoms with Gasteiger partial charge in [0.25, 0.3) is 5.91 Å². The first-order valence-corrected chi connectivity index (χ1v) is 9.25. The van der Waals surface area contributed by atoms with Gasteiger partial charge in [-0.3, -0.25) is 4.79 Å². The second kappa shape index (κ2) is 9.75. The minimum atomic E-state index is -4.47. The first kappa shape index (κ1) is 22.5. The normalized spacial score (nSPS) is 11.5. The number of halogens is 3. The van der Waals surface area contributed by atoms with Gasteiger partial charge in [0.2, 0.25) is 0 Å². The van der Waals surface area contributed by atoms with Crippen molar-refractivity contribution < 1.29 is 31.9 Å². The number of carbonyl (C=O) groups excluding carboxylic acids is 1. The second-order valence-corrected chi connectivity index (χ2v) is 6.44. The number of furan rings is 1. The van der Waals surface area contributed by atoms with Gasteiger partial charge < -0.3 is 19.2 Å². The highest BCUT2D eigenvalue weighted by Gasteiger charge is 2.30. The Morgan fingerprint density at radius 1 is 1.16 bits per heavy atom. The van der Waals surface area contributed by atoms with Gasteiger partial charge in [0.15, 0.2) is 0 Å². The van der Waals surface area contributed by atoms with Crippen molar-refractivity contribution in [2.24, 2.45) is 0 Å². The fraction of sp³-hybridized carbons (Fsp3) is 0.130. The number of hydrogen-bond acceptors (Lipinski definition) is 5. The summed E-state index contributed by atoms with van der Waals surface area (Å²) in [5, 5.41) is 11.9. The summed E-state index contributed by atoms with van der Waals surface area (Å²) in [4.78, 5) is 12.4. The van der Waals surface area contributed by atoms with Gasteiger partial charge in [-0.05, 0) is 42.5 Å². The number of para-hydroxylation sites is 2. The van der Waals surface area contributed by atoms with Crippen LogP contribution in [0.1, 0.15) is 17.1 Å². The molecular formula is C23H17F3N2O4. The molecule has 1 aromatic heterocycles. The summed E-state index contributed by atoms with van der Waals surface area (Å²) in [7, 11) is 1.46. The number of rotatable bonds is 7. The summed E-state index contributed by atoms with van der Waals surface area (Å²) >= 11 is 0. The Labute approximate surface area is 181 Å². The fourth-order valence-corrected chi connectivity index (χ4v) is 2.69. The molecule has 1 amide bonds. The molecule has 0 atom stereocenters. The summed E-state index contributed by atoms with van der Waals surface area (Å²) in [5.74, 6) is 0.318. The molecule has 164 valence electrons. The molecule has 0 aliphatic carbocycles. The van der Waals surface area contributed by atoms with Gasteiger partial charge in [-0.2, -0.15) is 18.4 Å². The zero-order valence-electron chi connectivity index (χ0n) is 16.8. The van der Waals surface area contributed by atoms with Crippen LogP contribution in [-0.4, -0.2) is 13.0 Å². The average molecular weight is 442 g/mol. The number of carbonyl (C=O) groups is 1. The Morgan fingerprint density at radius 2 is 1.94 bits per heavy atom. The van der Waals surface area contributed by atoms with Crippen LogP contribution in [0.25, 0.3) is 6.08 Å². The van der Waals surface area contributed by atoms with E-state index >= 15 is 0 Å². The SMILES string of the molecule is COc1ccccc1NC(=O)C(C#N)=Cc1ccc(COc2cccc(C(F)(F)F)c2)o1. The third kappa shape index (κ3) is 5.70. The van der Waals surface area contributed by atoms with Crippen LogP contribution in [0.4, 0.5) is 18.9 Å². The van der Waals surface area contributed by atoms with E-state index in [1.54, 1.807) is 30.3 Å². The van der Waals surface area contributed by atoms with E-state index in [1.165, 1.54) is 37.5 Å². The van der Waals surface area contributed by atoms with E-state index in [0.717, 1.165) is 12.1 Å². The number of alkyl halides is 3. The molecule has 1 N–H and O–H groups in total. The molecule has 1 heterocycles. The molecule has 3 aromatic rings. The minimum Gasteiger partial charge on any atom is -0.495 e. The molecule has 0 bridgehead atoms. The molecule has 0 unspecified atom stereocenters. The number of nitrogens with one attached hydrogen (secondary N) is 1. The summed E-state index contributed by atoms with van der Waals surface area (Å²) in [6.45, 7) is -0.134. The number of anilines is 1. The van der Waals surface area contributed by atoms with Crippen molar-refractivity contribution in [3.05, 3.63) is 83.3 Å². The van der Waals surface area contributed by atoms with E-state index < -0.39 is 17.6 Å². The number of ether oxygens (including phenoxy) is 2. The van der Waals surface area contributed by atoms with Crippen LogP contribution in [-0.2, 0) is 17.6 Å². The second-order valence-electron chi connectivity index (χ2n) is 6.44. The number of nitriles is 1. The lowest BCUT2D eigenvalue weighted by molar-refractivity contribution is -0.137. The lowest BCUT2D eigenvalue weighted by atomic mass is 10.2. The van der Waals surface area contributed by atoms with Gasteiger partial charge >= 0.3 is 6.18 Å². The summed E-state index contributed by atoms with van der Waals surface area (Å²) < 4.78 is 54.4. The highest BCUT2D eigenvalue weighted by atomic mass is 19.4. The molecule has 0 saturated carbocycles. The molecule has 2 aromatic carbocycles. The molecule has 32 heavy (non-hydrogen) atoms. The van der Waals surface area contributed by atoms with Crippen LogP contribution in [0.3, 0.4) is 0 Å². The Hall–Kier alpha value is -4.19. The molecule has 3 rings (SSSR count). The fourth-order valence-electron chi connectivity index (χ4n) is 2.69. The molecule has 6 nitrogen and oxygen atoms in total. The van der Waals surface area contributed by atoms with Crippen molar-refractivity contribution in [2.75, 3.05) is 12.4 Å². The summed E-state index contributed by atoms with van der Waals surface area (Å²) in [6, 6.07) is 16.1. The molecule has 0 aliphatic rings. The highest BCUT2D eigenvalue weighted by Crippen LogP contribution is 2.31. The van der Waals surface area contributed by atoms with E-state index in [-0.39, 0.29) is 23.7 Å². The number of methoxy groups -OCH3 is 1. The Morgan fingerprint density at radius 3 is 2.66 bits per heavy atom. The van der Waals surface area contributed by atoms with E-state index in [4.69, 9.17) is 13.9 Å². The van der Waals surface area contributed by atoms with E-state index in [2.05, 4.69) is 5.32 Å². The zero-order valence-corrected chi connectivity index (χ0v) is 16.8. The third-order valence-corrected chi connectivity index (χ3v) is 4.23. The predicted octanol–water partition coefficient (Wildman–Crippen LogP) is 5.43. The van der Waals surface area contributed by atoms with Gasteiger partial charge in [0, 0.05) is 6.08 Å². The largest absolute Gasteiger partial charge is 0.495 e. The zero-order chi connectivity index (χ0) is 23.1. The van der Waals surface area contributed by atoms with Crippen LogP contribution in [0, 0.1) is 11.3 Å². The topological polar surface area (TPSA) is 84.5 Å². The first-order valence-electron chi connectivity index (χ1n) is 9.25. The number of hydrogen-bond donors (Lipinski definition) is 1. The average Bonchev–Trinajstić information content (AvgIpc) is 3.23. The Bertz CT molecular complexity index is 1180. The lowest BCUT2D eigenvalue weighted by Gasteiger charge is -2.09. The van der Waals surface area contributed by atoms with Crippen molar-refractivity contribution in [1.29, 1.82) is 5.26 Å². The van der Waals surface area contributed by atoms with Crippen molar-refractivity contribution in [1.82, 2.24) is 0 Å². The highest BCUT2D eigenvalue weighted by molar-refractivity contribution is 6.10. The van der Waals surface area contributed by atoms with Crippen LogP contribution in [0.5, 0.6) is 11.5 Å². The van der Waals surface area contributed by atoms with Gasteiger partial charge in [-0.25, -0.2) is 0 Å². The van der Waals surface area contributed by atoms with Crippen molar-refractivity contribution >= 4 is 17.7 Å². The maximum atomic E-state index is 12.8. The monoisotopic (exact) mass is 442 g/mol. The van der Waals surface area contributed by atoms with E-state index in [0.29, 0.717) is 17.2 Å². The number of nitrogens with zero attached hydrogens (tertiary/aromatic N) is 1. The standard InChI is InChI=1S/C23H17F3N2O4/c1-30-21-8-3-2-7-20(21)28-22(29)15(13-27)11-18-9-10-19(32-18)14-31-17-6-4-5-16(12-17)23(24,25)26/h2-12H,14H2,1H3,(H,28,29). The maximum absolute atomic E-state index is 12.8. The Balaban J connectivity index is 1.67. The van der Waals surface area contributed by atoms with Crippen molar-refractivity contribution in [2.45, 2.75) is 12.8 Å². The van der Waals surface area contributed by atoms with Crippen LogP contribution in [0.15, 0.2) is 70.7 Å². The van der Waals surface area contributed by atoms with Crippen molar-refractivity contribution in [3.63, 3.8) is 0 Å². The molecule has 0 spiro atoms. The first-order chi connectivity index (χ1) is 15.3. The molecule has 0 aliphatic heterocycles. The van der Waals surface area contributed by atoms with Crippen LogP contribution >= 0.6 is 0 Å². The van der Waals surface area contributed by atoms with Gasteiger partial charge in [-0.15, -0.1) is 0 Å². The number of amides is 1. The Kier molecular flexibility index (Phi) is 6.85. The minimum absolute atomic E-state index is 0.0298. The lowest BCUT2D eigenvalue weighted by Crippen LogP contribution is -2.14. The smallest absolute Gasteiger partial charge is 0.416 e. The van der Waals surface area contributed by atoms with E-state index in [9.17, 15) is 23.2 Å². The predicted molar refractivity (Wildman–Crippen MR) is 110 cm³/mol. The van der Waals surface area contributed by atoms with Gasteiger partial charge in [0.1, 0.15) is 41.3 Å². The van der Waals surface area contributed by atoms with Crippen LogP contribution < -0.4 is 14.8 Å². The molecule has 0 fully saturated rings. The van der Waals surface area contributed by atoms with Crippen LogP contribution in [0.2, 0.25) is 0 Å². The summed E-state index contributed by atoms with van der Waals surface area (Å²) in [6.07, 6.45) is -3.22. The third-order valence-electron chi connectivity index (χ3n) is 4.23. The maximum Gasteiger partial charge on any atom is 0.416 e. The molecule has 0 radical (unpaired) electrons. The molecular weight excluding hydrogens is 425 g/mol. The summed E-state index contributed by atoms with van der Waals surface area (Å²) in [5.41, 5.74) is -0.635. The quantitative estimate of drug-likeness (QED) is 0.390. The van der Waals surface area contributed by atoms with Crippen molar-refractivity contribution in [3.8, 4) is 17.6 Å². The van der Waals surface area contributed by atoms with E-state index in [1.807, 2.05) is 0 Å². The molecule has 0 saturated heterocycles. The molecule has 9 heteroatoms. The van der Waals surface area contributed by atoms with Gasteiger partial charge in [0.05, 0.1) is 18.4 Å².